The zero-order valence-corrected chi connectivity index (χ0v) is 20.9. The molecule has 31 heavy (non-hydrogen) atoms. The van der Waals surface area contributed by atoms with Gasteiger partial charge in [0.05, 0.1) is 15.6 Å². The van der Waals surface area contributed by atoms with E-state index in [1.165, 1.54) is 16.4 Å². The number of sulfonamides is 1. The zero-order valence-electron chi connectivity index (χ0n) is 17.1. The molecule has 166 valence electrons. The van der Waals surface area contributed by atoms with Gasteiger partial charge < -0.3 is 15.0 Å². The van der Waals surface area contributed by atoms with Gasteiger partial charge in [0.25, 0.3) is 5.91 Å². The molecule has 0 aromatic heterocycles. The van der Waals surface area contributed by atoms with Crippen LogP contribution in [0.5, 0.6) is 5.75 Å². The van der Waals surface area contributed by atoms with Crippen molar-refractivity contribution in [2.45, 2.75) is 4.90 Å². The Kier molecular flexibility index (Phi) is 7.86. The van der Waals surface area contributed by atoms with Crippen LogP contribution in [0, 0.1) is 3.57 Å². The van der Waals surface area contributed by atoms with Crippen molar-refractivity contribution >= 4 is 61.5 Å². The van der Waals surface area contributed by atoms with Crippen molar-refractivity contribution in [3.05, 3.63) is 51.6 Å². The molecule has 0 unspecified atom stereocenters. The zero-order chi connectivity index (χ0) is 22.6. The third-order valence-electron chi connectivity index (χ3n) is 4.85. The van der Waals surface area contributed by atoms with Gasteiger partial charge in [-0.1, -0.05) is 0 Å². The highest BCUT2D eigenvalue weighted by Gasteiger charge is 2.27. The third kappa shape index (κ3) is 5.92. The van der Waals surface area contributed by atoms with Crippen molar-refractivity contribution in [3.8, 4) is 5.75 Å². The fraction of sp³-hybridized carbons (Fsp3) is 0.300. The molecule has 1 aliphatic rings. The molecule has 0 radical (unpaired) electrons. The molecular weight excluding hydrogens is 551 g/mol. The van der Waals surface area contributed by atoms with Crippen LogP contribution in [0.25, 0.3) is 0 Å². The minimum absolute atomic E-state index is 0.116. The van der Waals surface area contributed by atoms with Crippen LogP contribution >= 0.6 is 34.8 Å². The molecule has 11 heteroatoms. The molecule has 0 aliphatic carbocycles. The van der Waals surface area contributed by atoms with Crippen LogP contribution in [0.1, 0.15) is 10.4 Å². The molecule has 1 amide bonds. The lowest BCUT2D eigenvalue weighted by atomic mass is 10.2. The summed E-state index contributed by atoms with van der Waals surface area (Å²) in [5.74, 6) is 0.330. The summed E-state index contributed by atoms with van der Waals surface area (Å²) in [4.78, 5) is 14.7. The second kappa shape index (κ2) is 10.2. The molecule has 0 saturated carbocycles. The van der Waals surface area contributed by atoms with E-state index in [4.69, 9.17) is 17.0 Å². The summed E-state index contributed by atoms with van der Waals surface area (Å²) in [5, 5.41) is 5.63. The summed E-state index contributed by atoms with van der Waals surface area (Å²) in [7, 11) is 0.0109. The van der Waals surface area contributed by atoms with Gasteiger partial charge in [-0.15, -0.1) is 0 Å². The molecule has 1 saturated heterocycles. The summed E-state index contributed by atoms with van der Waals surface area (Å²) in [5.41, 5.74) is 1.02. The largest absolute Gasteiger partial charge is 0.496 e. The molecule has 0 spiro atoms. The monoisotopic (exact) mass is 574 g/mol. The number of benzene rings is 2. The Hall–Kier alpha value is -1.80. The maximum Gasteiger partial charge on any atom is 0.257 e. The first-order valence-electron chi connectivity index (χ1n) is 9.45. The van der Waals surface area contributed by atoms with Gasteiger partial charge in [-0.3, -0.25) is 10.1 Å². The van der Waals surface area contributed by atoms with Crippen LogP contribution < -0.4 is 15.4 Å². The average molecular weight is 574 g/mol. The fourth-order valence-electron chi connectivity index (χ4n) is 3.03. The van der Waals surface area contributed by atoms with Crippen molar-refractivity contribution in [2.75, 3.05) is 45.7 Å². The highest BCUT2D eigenvalue weighted by atomic mass is 127. The molecule has 3 rings (SSSR count). The number of rotatable bonds is 5. The lowest BCUT2D eigenvalue weighted by Gasteiger charge is -2.31. The van der Waals surface area contributed by atoms with E-state index in [1.54, 1.807) is 37.4 Å². The maximum atomic E-state index is 12.8. The molecule has 2 N–H and O–H groups in total. The van der Waals surface area contributed by atoms with Gasteiger partial charge >= 0.3 is 0 Å². The first-order chi connectivity index (χ1) is 14.7. The number of nitrogens with zero attached hydrogens (tertiary/aromatic N) is 2. The van der Waals surface area contributed by atoms with E-state index in [-0.39, 0.29) is 15.9 Å². The van der Waals surface area contributed by atoms with Crippen molar-refractivity contribution in [1.82, 2.24) is 14.5 Å². The minimum atomic E-state index is -3.53. The standard InChI is InChI=1S/C20H23IN4O4S2/c1-24-9-11-25(12-10-24)31(27,28)16-6-4-15(5-7-16)22-20(30)23-19(26)14-3-8-18(29-2)17(21)13-14/h3-8,13H,9-12H2,1-2H3,(H2,22,23,26,30). The highest BCUT2D eigenvalue weighted by Crippen LogP contribution is 2.22. The van der Waals surface area contributed by atoms with Gasteiger partial charge in [-0.2, -0.15) is 4.31 Å². The molecule has 0 atom stereocenters. The number of halogens is 1. The number of methoxy groups -OCH3 is 1. The first kappa shape index (κ1) is 23.9. The van der Waals surface area contributed by atoms with E-state index in [1.807, 2.05) is 7.05 Å². The molecule has 8 nitrogen and oxygen atoms in total. The van der Waals surface area contributed by atoms with E-state index in [2.05, 4.69) is 38.1 Å². The smallest absolute Gasteiger partial charge is 0.257 e. The van der Waals surface area contributed by atoms with Crippen LogP contribution in [-0.2, 0) is 10.0 Å². The number of carbonyl (C=O) groups excluding carboxylic acids is 1. The Labute approximate surface area is 201 Å². The SMILES string of the molecule is COc1ccc(C(=O)NC(=S)Nc2ccc(S(=O)(=O)N3CCN(C)CC3)cc2)cc1I. The number of amides is 1. The number of anilines is 1. The predicted octanol–water partition coefficient (Wildman–Crippen LogP) is 2.36. The number of nitrogens with one attached hydrogen (secondary N) is 2. The normalized spacial score (nSPS) is 15.3. The van der Waals surface area contributed by atoms with Crippen molar-refractivity contribution < 1.29 is 17.9 Å². The molecule has 1 heterocycles. The Morgan fingerprint density at radius 3 is 2.32 bits per heavy atom. The van der Waals surface area contributed by atoms with Crippen molar-refractivity contribution in [2.24, 2.45) is 0 Å². The lowest BCUT2D eigenvalue weighted by molar-refractivity contribution is 0.0977. The molecule has 0 bridgehead atoms. The maximum absolute atomic E-state index is 12.8. The highest BCUT2D eigenvalue weighted by molar-refractivity contribution is 14.1. The van der Waals surface area contributed by atoms with Crippen LogP contribution in [0.2, 0.25) is 0 Å². The number of thiocarbonyl (C=S) groups is 1. The van der Waals surface area contributed by atoms with Gasteiger partial charge in [-0.25, -0.2) is 8.42 Å². The van der Waals surface area contributed by atoms with Gasteiger partial charge in [0, 0.05) is 37.4 Å². The minimum Gasteiger partial charge on any atom is -0.496 e. The molecule has 2 aromatic carbocycles. The van der Waals surface area contributed by atoms with Gasteiger partial charge in [0.2, 0.25) is 10.0 Å². The Balaban J connectivity index is 1.61. The molecule has 1 aliphatic heterocycles. The number of hydrogen-bond donors (Lipinski definition) is 2. The quantitative estimate of drug-likeness (QED) is 0.419. The number of carbonyl (C=O) groups is 1. The van der Waals surface area contributed by atoms with Crippen LogP contribution in [0.15, 0.2) is 47.4 Å². The topological polar surface area (TPSA) is 91.0 Å². The molecule has 1 fully saturated rings. The number of ether oxygens (including phenoxy) is 1. The van der Waals surface area contributed by atoms with E-state index in [9.17, 15) is 13.2 Å². The van der Waals surface area contributed by atoms with Gasteiger partial charge in [0.1, 0.15) is 5.75 Å². The summed E-state index contributed by atoms with van der Waals surface area (Å²) in [6.07, 6.45) is 0. The van der Waals surface area contributed by atoms with Crippen LogP contribution in [-0.4, -0.2) is 69.0 Å². The summed E-state index contributed by atoms with van der Waals surface area (Å²) in [6.45, 7) is 2.36. The number of piperazine rings is 1. The predicted molar refractivity (Wildman–Crippen MR) is 132 cm³/mol. The van der Waals surface area contributed by atoms with Crippen LogP contribution in [0.3, 0.4) is 0 Å². The number of likely N-dealkylation sites (N-methyl/N-ethyl adjacent to an activating group) is 1. The average Bonchev–Trinajstić information content (AvgIpc) is 2.74. The summed E-state index contributed by atoms with van der Waals surface area (Å²) in [6, 6.07) is 11.4. The Morgan fingerprint density at radius 1 is 1.10 bits per heavy atom. The van der Waals surface area contributed by atoms with E-state index >= 15 is 0 Å². The van der Waals surface area contributed by atoms with Crippen molar-refractivity contribution in [1.29, 1.82) is 0 Å². The van der Waals surface area contributed by atoms with Gasteiger partial charge in [0.15, 0.2) is 5.11 Å². The van der Waals surface area contributed by atoms with E-state index < -0.39 is 10.0 Å². The van der Waals surface area contributed by atoms with E-state index in [0.29, 0.717) is 43.2 Å². The Morgan fingerprint density at radius 2 is 1.74 bits per heavy atom. The summed E-state index contributed by atoms with van der Waals surface area (Å²) >= 11 is 7.30. The van der Waals surface area contributed by atoms with Gasteiger partial charge in [-0.05, 0) is 84.3 Å². The third-order valence-corrected chi connectivity index (χ3v) is 7.81. The fourth-order valence-corrected chi connectivity index (χ4v) is 5.40. The molecule has 2 aromatic rings. The summed E-state index contributed by atoms with van der Waals surface area (Å²) < 4.78 is 33.1. The number of hydrogen-bond acceptors (Lipinski definition) is 6. The second-order valence-corrected chi connectivity index (χ2v) is 10.5. The molecular formula is C20H23IN4O4S2. The lowest BCUT2D eigenvalue weighted by Crippen LogP contribution is -2.46. The Bertz CT molecular complexity index is 1070. The van der Waals surface area contributed by atoms with Crippen molar-refractivity contribution in [3.63, 3.8) is 0 Å². The first-order valence-corrected chi connectivity index (χ1v) is 12.4. The van der Waals surface area contributed by atoms with Crippen LogP contribution in [0.4, 0.5) is 5.69 Å². The second-order valence-electron chi connectivity index (χ2n) is 6.99. The van der Waals surface area contributed by atoms with E-state index in [0.717, 1.165) is 3.57 Å².